The first-order valence-corrected chi connectivity index (χ1v) is 12.2. The van der Waals surface area contributed by atoms with Gasteiger partial charge in [0.25, 0.3) is 0 Å². The predicted octanol–water partition coefficient (Wildman–Crippen LogP) is 4.93. The average Bonchev–Trinajstić information content (AvgIpc) is 3.58. The molecule has 0 spiro atoms. The maximum atomic E-state index is 12.8. The topological polar surface area (TPSA) is 82.8 Å². The number of benzene rings is 2. The van der Waals surface area contributed by atoms with Gasteiger partial charge in [-0.2, -0.15) is 9.61 Å². The number of aromatic hydroxyl groups is 1. The monoisotopic (exact) mass is 519 g/mol. The first-order valence-electron chi connectivity index (χ1n) is 11.4. The molecule has 2 heterocycles. The van der Waals surface area contributed by atoms with Crippen LogP contribution in [0.4, 0.5) is 5.82 Å². The number of amides is 1. The van der Waals surface area contributed by atoms with Crippen molar-refractivity contribution in [1.82, 2.24) is 19.5 Å². The Morgan fingerprint density at radius 1 is 1.21 bits per heavy atom. The van der Waals surface area contributed by atoms with Crippen molar-refractivity contribution in [3.8, 4) is 17.0 Å². The quantitative estimate of drug-likeness (QED) is 0.322. The van der Waals surface area contributed by atoms with E-state index in [1.54, 1.807) is 22.8 Å². The average molecular weight is 520 g/mol. The molecule has 1 fully saturated rings. The van der Waals surface area contributed by atoms with Crippen LogP contribution in [0.1, 0.15) is 24.3 Å². The third-order valence-corrected chi connectivity index (χ3v) is 6.86. The highest BCUT2D eigenvalue weighted by Gasteiger charge is 2.44. The second-order valence-corrected chi connectivity index (χ2v) is 9.53. The van der Waals surface area contributed by atoms with Gasteiger partial charge in [0, 0.05) is 37.7 Å². The van der Waals surface area contributed by atoms with E-state index in [4.69, 9.17) is 0 Å². The Balaban J connectivity index is 1.22. The van der Waals surface area contributed by atoms with Crippen LogP contribution in [0.2, 0.25) is 0 Å². The van der Waals surface area contributed by atoms with E-state index in [1.807, 2.05) is 48.3 Å². The van der Waals surface area contributed by atoms with Crippen molar-refractivity contribution < 1.29 is 9.90 Å². The minimum Gasteiger partial charge on any atom is -0.507 e. The second kappa shape index (κ2) is 9.46. The summed E-state index contributed by atoms with van der Waals surface area (Å²) < 4.78 is 2.51. The van der Waals surface area contributed by atoms with Crippen molar-refractivity contribution in [2.24, 2.45) is 5.92 Å². The number of hydrogen-bond donors (Lipinski definition) is 2. The second-order valence-electron chi connectivity index (χ2n) is 8.67. The molecule has 174 valence electrons. The number of nitrogens with zero attached hydrogens (tertiary/aromatic N) is 4. The molecule has 5 rings (SSSR count). The SMILES string of the molecule is CN(CCCNc1cc(-c2ccccc2O)nc2c(Br)cnn12)C(=O)[C@@H]1C[C@H]1c1ccccc1. The molecule has 1 saturated carbocycles. The van der Waals surface area contributed by atoms with Crippen molar-refractivity contribution in [3.05, 3.63) is 76.9 Å². The van der Waals surface area contributed by atoms with Gasteiger partial charge in [-0.15, -0.1) is 0 Å². The summed E-state index contributed by atoms with van der Waals surface area (Å²) in [7, 11) is 1.88. The Labute approximate surface area is 206 Å². The first-order chi connectivity index (χ1) is 16.5. The third kappa shape index (κ3) is 4.50. The molecule has 1 amide bonds. The molecule has 1 aliphatic carbocycles. The van der Waals surface area contributed by atoms with E-state index >= 15 is 0 Å². The Kier molecular flexibility index (Phi) is 6.24. The predicted molar refractivity (Wildman–Crippen MR) is 136 cm³/mol. The maximum absolute atomic E-state index is 12.8. The van der Waals surface area contributed by atoms with Gasteiger partial charge in [-0.05, 0) is 52.4 Å². The maximum Gasteiger partial charge on any atom is 0.226 e. The fourth-order valence-electron chi connectivity index (χ4n) is 4.35. The highest BCUT2D eigenvalue weighted by molar-refractivity contribution is 9.10. The summed E-state index contributed by atoms with van der Waals surface area (Å²) in [5.74, 6) is 1.62. The first kappa shape index (κ1) is 22.4. The number of aromatic nitrogens is 3. The summed E-state index contributed by atoms with van der Waals surface area (Å²) in [6.07, 6.45) is 3.43. The highest BCUT2D eigenvalue weighted by Crippen LogP contribution is 2.48. The summed E-state index contributed by atoms with van der Waals surface area (Å²) in [6, 6.07) is 19.3. The van der Waals surface area contributed by atoms with Gasteiger partial charge in [0.1, 0.15) is 11.6 Å². The van der Waals surface area contributed by atoms with Gasteiger partial charge in [-0.3, -0.25) is 4.79 Å². The number of carbonyl (C=O) groups excluding carboxylic acids is 1. The smallest absolute Gasteiger partial charge is 0.226 e. The molecule has 7 nitrogen and oxygen atoms in total. The zero-order valence-corrected chi connectivity index (χ0v) is 20.4. The van der Waals surface area contributed by atoms with Crippen LogP contribution in [0.15, 0.2) is 71.3 Å². The number of para-hydroxylation sites is 1. The number of rotatable bonds is 8. The molecular weight excluding hydrogens is 494 g/mol. The minimum atomic E-state index is 0.0997. The number of phenolic OH excluding ortho intramolecular Hbond substituents is 1. The Morgan fingerprint density at radius 3 is 2.76 bits per heavy atom. The van der Waals surface area contributed by atoms with Gasteiger partial charge >= 0.3 is 0 Å². The van der Waals surface area contributed by atoms with Crippen molar-refractivity contribution in [3.63, 3.8) is 0 Å². The third-order valence-electron chi connectivity index (χ3n) is 6.30. The molecule has 0 radical (unpaired) electrons. The number of hydrogen-bond acceptors (Lipinski definition) is 5. The van der Waals surface area contributed by atoms with E-state index in [0.29, 0.717) is 35.9 Å². The van der Waals surface area contributed by atoms with Crippen LogP contribution in [0.5, 0.6) is 5.75 Å². The van der Waals surface area contributed by atoms with Crippen LogP contribution < -0.4 is 5.32 Å². The molecule has 2 atom stereocenters. The molecule has 34 heavy (non-hydrogen) atoms. The summed E-state index contributed by atoms with van der Waals surface area (Å²) in [5, 5.41) is 18.1. The van der Waals surface area contributed by atoms with E-state index in [9.17, 15) is 9.90 Å². The van der Waals surface area contributed by atoms with E-state index in [1.165, 1.54) is 5.56 Å². The van der Waals surface area contributed by atoms with Crippen molar-refractivity contribution in [2.45, 2.75) is 18.8 Å². The van der Waals surface area contributed by atoms with Crippen molar-refractivity contribution in [1.29, 1.82) is 0 Å². The molecular formula is C26H26BrN5O2. The molecule has 0 unspecified atom stereocenters. The van der Waals surface area contributed by atoms with Gasteiger partial charge in [0.05, 0.1) is 16.4 Å². The molecule has 0 saturated heterocycles. The largest absolute Gasteiger partial charge is 0.507 e. The zero-order chi connectivity index (χ0) is 23.7. The molecule has 2 aromatic carbocycles. The van der Waals surface area contributed by atoms with Gasteiger partial charge in [0.15, 0.2) is 5.65 Å². The highest BCUT2D eigenvalue weighted by atomic mass is 79.9. The van der Waals surface area contributed by atoms with Crippen LogP contribution in [0.3, 0.4) is 0 Å². The van der Waals surface area contributed by atoms with Gasteiger partial charge in [0.2, 0.25) is 5.91 Å². The lowest BCUT2D eigenvalue weighted by Crippen LogP contribution is -2.30. The Bertz CT molecular complexity index is 1320. The van der Waals surface area contributed by atoms with E-state index in [0.717, 1.165) is 23.1 Å². The van der Waals surface area contributed by atoms with E-state index in [2.05, 4.69) is 43.5 Å². The fourth-order valence-corrected chi connectivity index (χ4v) is 4.70. The lowest BCUT2D eigenvalue weighted by atomic mass is 10.1. The molecule has 0 aliphatic heterocycles. The van der Waals surface area contributed by atoms with Gasteiger partial charge in [-0.1, -0.05) is 42.5 Å². The summed E-state index contributed by atoms with van der Waals surface area (Å²) in [5.41, 5.74) is 3.23. The molecule has 4 aromatic rings. The van der Waals surface area contributed by atoms with E-state index in [-0.39, 0.29) is 17.6 Å². The number of halogens is 1. The minimum absolute atomic E-state index is 0.0997. The summed E-state index contributed by atoms with van der Waals surface area (Å²) in [4.78, 5) is 19.3. The number of fused-ring (bicyclic) bond motifs is 1. The Morgan fingerprint density at radius 2 is 1.97 bits per heavy atom. The van der Waals surface area contributed by atoms with Gasteiger partial charge < -0.3 is 15.3 Å². The van der Waals surface area contributed by atoms with Gasteiger partial charge in [-0.25, -0.2) is 4.98 Å². The van der Waals surface area contributed by atoms with Crippen molar-refractivity contribution >= 4 is 33.3 Å². The summed E-state index contributed by atoms with van der Waals surface area (Å²) in [6.45, 7) is 1.34. The van der Waals surface area contributed by atoms with E-state index < -0.39 is 0 Å². The van der Waals surface area contributed by atoms with Crippen LogP contribution in [0.25, 0.3) is 16.9 Å². The molecule has 1 aliphatic rings. The molecule has 0 bridgehead atoms. The lowest BCUT2D eigenvalue weighted by Gasteiger charge is -2.18. The number of nitrogens with one attached hydrogen (secondary N) is 1. The van der Waals surface area contributed by atoms with Crippen molar-refractivity contribution in [2.75, 3.05) is 25.5 Å². The normalized spacial score (nSPS) is 17.0. The number of carbonyl (C=O) groups is 1. The fraction of sp³-hybridized carbons (Fsp3) is 0.269. The van der Waals surface area contributed by atoms with Crippen LogP contribution >= 0.6 is 15.9 Å². The lowest BCUT2D eigenvalue weighted by molar-refractivity contribution is -0.131. The van der Waals surface area contributed by atoms with Crippen LogP contribution in [-0.4, -0.2) is 50.6 Å². The van der Waals surface area contributed by atoms with Crippen LogP contribution in [0, 0.1) is 5.92 Å². The standard InChI is InChI=1S/C26H26BrN5O2/c1-31(26(34)20-14-19(20)17-8-3-2-4-9-17)13-7-12-28-24-15-22(18-10-5-6-11-23(18)33)30-25-21(27)16-29-32(24)25/h2-6,8-11,15-16,19-20,28,33H,7,12-14H2,1H3/t19-,20+/m0/s1. The van der Waals surface area contributed by atoms with Crippen LogP contribution in [-0.2, 0) is 4.79 Å². The summed E-state index contributed by atoms with van der Waals surface area (Å²) >= 11 is 3.50. The zero-order valence-electron chi connectivity index (χ0n) is 18.9. The number of anilines is 1. The number of phenols is 1. The molecule has 8 heteroatoms. The Hall–Kier alpha value is -3.39. The molecule has 2 N–H and O–H groups in total. The molecule has 2 aromatic heterocycles.